The van der Waals surface area contributed by atoms with Crippen LogP contribution in [0.4, 0.5) is 0 Å². The van der Waals surface area contributed by atoms with E-state index in [1.54, 1.807) is 23.2 Å². The molecule has 8 heteroatoms. The largest absolute Gasteiger partial charge is 0.391 e. The third-order valence-electron chi connectivity index (χ3n) is 4.67. The lowest BCUT2D eigenvalue weighted by molar-refractivity contribution is -0.135. The number of aliphatic hydroxyl groups is 1. The van der Waals surface area contributed by atoms with Gasteiger partial charge in [0.2, 0.25) is 5.91 Å². The van der Waals surface area contributed by atoms with E-state index in [9.17, 15) is 19.5 Å². The predicted octanol–water partition coefficient (Wildman–Crippen LogP) is 0.592. The summed E-state index contributed by atoms with van der Waals surface area (Å²) in [6.07, 6.45) is 1.45. The number of hydrogen-bond donors (Lipinski definition) is 2. The van der Waals surface area contributed by atoms with Crippen LogP contribution in [0.25, 0.3) is 0 Å². The molecule has 0 unspecified atom stereocenters. The van der Waals surface area contributed by atoms with Crippen molar-refractivity contribution in [2.75, 3.05) is 13.1 Å². The number of aromatic amines is 1. The maximum absolute atomic E-state index is 12.5. The molecule has 0 bridgehead atoms. The smallest absolute Gasteiger partial charge is 0.328 e. The Kier molecular flexibility index (Phi) is 4.91. The zero-order valence-electron chi connectivity index (χ0n) is 14.2. The lowest BCUT2D eigenvalue weighted by Gasteiger charge is -2.36. The van der Waals surface area contributed by atoms with E-state index in [1.807, 2.05) is 18.4 Å². The molecule has 3 rings (SSSR count). The second-order valence-electron chi connectivity index (χ2n) is 6.47. The maximum atomic E-state index is 12.5. The third kappa shape index (κ3) is 3.59. The van der Waals surface area contributed by atoms with E-state index in [4.69, 9.17) is 0 Å². The van der Waals surface area contributed by atoms with E-state index in [0.29, 0.717) is 18.5 Å². The van der Waals surface area contributed by atoms with E-state index >= 15 is 0 Å². The van der Waals surface area contributed by atoms with Gasteiger partial charge >= 0.3 is 5.69 Å². The van der Waals surface area contributed by atoms with Gasteiger partial charge in [-0.2, -0.15) is 0 Å². The topological polar surface area (TPSA) is 95.4 Å². The van der Waals surface area contributed by atoms with E-state index in [1.165, 1.54) is 21.2 Å². The summed E-state index contributed by atoms with van der Waals surface area (Å²) >= 11 is 1.63. The summed E-state index contributed by atoms with van der Waals surface area (Å²) in [4.78, 5) is 40.6. The molecule has 1 fully saturated rings. The number of aryl methyl sites for hydroxylation is 2. The molecule has 0 saturated carbocycles. The molecule has 7 nitrogen and oxygen atoms in total. The van der Waals surface area contributed by atoms with Crippen molar-refractivity contribution < 1.29 is 9.90 Å². The number of H-pyrrole nitrogens is 1. The Balaban J connectivity index is 1.69. The van der Waals surface area contributed by atoms with Crippen LogP contribution in [0, 0.1) is 13.8 Å². The standard InChI is InChI=1S/C17H21N3O4S/c1-10-4-6-25-15(10)12-3-5-19(8-13(12)21)14(22)9-20-7-11(2)16(23)18-17(20)24/h4,6-7,12-13,21H,3,5,8-9H2,1-2H3,(H,18,23,24)/t12-,13-/m1/s1. The van der Waals surface area contributed by atoms with Gasteiger partial charge in [-0.3, -0.25) is 19.1 Å². The van der Waals surface area contributed by atoms with Crippen LogP contribution in [-0.4, -0.2) is 44.7 Å². The van der Waals surface area contributed by atoms with Crippen molar-refractivity contribution in [3.05, 3.63) is 54.5 Å². The highest BCUT2D eigenvalue weighted by atomic mass is 32.1. The number of carbonyl (C=O) groups excluding carboxylic acids is 1. The molecule has 0 radical (unpaired) electrons. The molecule has 1 amide bonds. The fourth-order valence-corrected chi connectivity index (χ4v) is 4.33. The van der Waals surface area contributed by atoms with Crippen molar-refractivity contribution in [2.24, 2.45) is 0 Å². The summed E-state index contributed by atoms with van der Waals surface area (Å²) in [5.74, 6) is -0.198. The Morgan fingerprint density at radius 2 is 2.12 bits per heavy atom. The molecule has 2 aromatic heterocycles. The number of carbonyl (C=O) groups is 1. The molecular formula is C17H21N3O4S. The second-order valence-corrected chi connectivity index (χ2v) is 7.42. The van der Waals surface area contributed by atoms with Crippen LogP contribution in [0.1, 0.15) is 28.3 Å². The van der Waals surface area contributed by atoms with Crippen molar-refractivity contribution in [1.82, 2.24) is 14.5 Å². The maximum Gasteiger partial charge on any atom is 0.328 e. The highest BCUT2D eigenvalue weighted by molar-refractivity contribution is 7.10. The van der Waals surface area contributed by atoms with E-state index < -0.39 is 17.4 Å². The van der Waals surface area contributed by atoms with E-state index in [-0.39, 0.29) is 24.9 Å². The number of thiophene rings is 1. The summed E-state index contributed by atoms with van der Waals surface area (Å²) < 4.78 is 1.20. The number of hydrogen-bond acceptors (Lipinski definition) is 5. The molecule has 3 heterocycles. The molecular weight excluding hydrogens is 342 g/mol. The van der Waals surface area contributed by atoms with E-state index in [2.05, 4.69) is 4.98 Å². The molecule has 1 aliphatic rings. The first kappa shape index (κ1) is 17.6. The zero-order valence-corrected chi connectivity index (χ0v) is 15.0. The summed E-state index contributed by atoms with van der Waals surface area (Å²) in [6.45, 7) is 4.25. The highest BCUT2D eigenvalue weighted by Gasteiger charge is 2.32. The number of nitrogens with one attached hydrogen (secondary N) is 1. The summed E-state index contributed by atoms with van der Waals surface area (Å²) in [6, 6.07) is 2.04. The molecule has 0 aliphatic carbocycles. The van der Waals surface area contributed by atoms with Crippen molar-refractivity contribution in [3.63, 3.8) is 0 Å². The molecule has 2 atom stereocenters. The van der Waals surface area contributed by atoms with Crippen LogP contribution in [0.15, 0.2) is 27.2 Å². The summed E-state index contributed by atoms with van der Waals surface area (Å²) in [5, 5.41) is 12.5. The Hall–Kier alpha value is -2.19. The van der Waals surface area contributed by atoms with Crippen molar-refractivity contribution in [2.45, 2.75) is 38.8 Å². The van der Waals surface area contributed by atoms with Crippen LogP contribution in [0.2, 0.25) is 0 Å². The number of likely N-dealkylation sites (tertiary alicyclic amines) is 1. The van der Waals surface area contributed by atoms with Gasteiger partial charge in [0.25, 0.3) is 5.56 Å². The molecule has 1 saturated heterocycles. The number of piperidine rings is 1. The molecule has 0 spiro atoms. The summed E-state index contributed by atoms with van der Waals surface area (Å²) in [7, 11) is 0. The van der Waals surface area contributed by atoms with Crippen LogP contribution in [0.5, 0.6) is 0 Å². The first-order valence-electron chi connectivity index (χ1n) is 8.17. The van der Waals surface area contributed by atoms with Crippen molar-refractivity contribution in [3.8, 4) is 0 Å². The Morgan fingerprint density at radius 3 is 2.76 bits per heavy atom. The van der Waals surface area contributed by atoms with Gasteiger partial charge in [0.1, 0.15) is 6.54 Å². The average Bonchev–Trinajstić information content (AvgIpc) is 2.98. The Bertz CT molecular complexity index is 898. The van der Waals surface area contributed by atoms with E-state index in [0.717, 1.165) is 0 Å². The first-order valence-corrected chi connectivity index (χ1v) is 9.05. The lowest BCUT2D eigenvalue weighted by atomic mass is 9.90. The predicted molar refractivity (Wildman–Crippen MR) is 95.1 cm³/mol. The number of rotatable bonds is 3. The molecule has 134 valence electrons. The molecule has 2 N–H and O–H groups in total. The minimum Gasteiger partial charge on any atom is -0.391 e. The van der Waals surface area contributed by atoms with Gasteiger partial charge in [0.05, 0.1) is 6.10 Å². The SMILES string of the molecule is Cc1ccsc1[C@@H]1CCN(C(=O)Cn2cc(C)c(=O)[nH]c2=O)C[C@H]1O. The van der Waals surface area contributed by atoms with Gasteiger partial charge in [-0.05, 0) is 37.3 Å². The monoisotopic (exact) mass is 363 g/mol. The third-order valence-corrected chi connectivity index (χ3v) is 5.82. The number of aliphatic hydroxyl groups excluding tert-OH is 1. The number of aromatic nitrogens is 2. The van der Waals surface area contributed by atoms with Gasteiger partial charge in [-0.1, -0.05) is 0 Å². The minimum atomic E-state index is -0.621. The number of β-amino-alcohol motifs (C(OH)–C–C–N with tert-alkyl or cyclic N) is 1. The normalized spacial score (nSPS) is 20.7. The fourth-order valence-electron chi connectivity index (χ4n) is 3.21. The van der Waals surface area contributed by atoms with Crippen molar-refractivity contribution in [1.29, 1.82) is 0 Å². The van der Waals surface area contributed by atoms with Crippen LogP contribution in [-0.2, 0) is 11.3 Å². The van der Waals surface area contributed by atoms with Crippen molar-refractivity contribution >= 4 is 17.2 Å². The Morgan fingerprint density at radius 1 is 1.36 bits per heavy atom. The van der Waals surface area contributed by atoms with Gasteiger partial charge in [0.15, 0.2) is 0 Å². The lowest BCUT2D eigenvalue weighted by Crippen LogP contribution is -2.47. The first-order chi connectivity index (χ1) is 11.9. The highest BCUT2D eigenvalue weighted by Crippen LogP contribution is 2.34. The van der Waals surface area contributed by atoms with Gasteiger partial charge in [-0.25, -0.2) is 4.79 Å². The van der Waals surface area contributed by atoms with Crippen LogP contribution >= 0.6 is 11.3 Å². The fraction of sp³-hybridized carbons (Fsp3) is 0.471. The molecule has 0 aromatic carbocycles. The van der Waals surface area contributed by atoms with Crippen LogP contribution in [0.3, 0.4) is 0 Å². The number of amides is 1. The van der Waals surface area contributed by atoms with Gasteiger partial charge in [-0.15, -0.1) is 11.3 Å². The zero-order chi connectivity index (χ0) is 18.1. The molecule has 1 aliphatic heterocycles. The van der Waals surface area contributed by atoms with Crippen LogP contribution < -0.4 is 11.2 Å². The average molecular weight is 363 g/mol. The molecule has 2 aromatic rings. The minimum absolute atomic E-state index is 0.0436. The number of nitrogens with zero attached hydrogens (tertiary/aromatic N) is 2. The second kappa shape index (κ2) is 6.97. The molecule has 25 heavy (non-hydrogen) atoms. The van der Waals surface area contributed by atoms with Gasteiger partial charge in [0, 0.05) is 35.6 Å². The quantitative estimate of drug-likeness (QED) is 0.834. The van der Waals surface area contributed by atoms with Gasteiger partial charge < -0.3 is 10.0 Å². The summed E-state index contributed by atoms with van der Waals surface area (Å²) in [5.41, 5.74) is 0.494. The Labute approximate surface area is 148 Å².